The summed E-state index contributed by atoms with van der Waals surface area (Å²) in [4.78, 5) is 38.3. The molecule has 438 valence electrons. The van der Waals surface area contributed by atoms with Gasteiger partial charge in [-0.05, 0) is 122 Å². The zero-order valence-corrected chi connectivity index (χ0v) is 50.2. The van der Waals surface area contributed by atoms with Crippen molar-refractivity contribution in [3.05, 3.63) is 122 Å². The van der Waals surface area contributed by atoms with Crippen molar-refractivity contribution in [1.29, 1.82) is 0 Å². The van der Waals surface area contributed by atoms with Crippen molar-refractivity contribution in [1.82, 2.24) is 0 Å². The molecule has 0 aromatic rings. The molecule has 0 aliphatic carbocycles. The summed E-state index contributed by atoms with van der Waals surface area (Å²) in [5.74, 6) is -0.908. The molecule has 0 bridgehead atoms. The third-order valence-electron chi connectivity index (χ3n) is 13.4. The second-order valence-electron chi connectivity index (χ2n) is 20.9. The molecule has 0 spiro atoms. The molecule has 0 fully saturated rings. The Morgan fingerprint density at radius 3 is 0.792 bits per heavy atom. The van der Waals surface area contributed by atoms with Crippen LogP contribution >= 0.6 is 0 Å². The smallest absolute Gasteiger partial charge is 0.306 e. The summed E-state index contributed by atoms with van der Waals surface area (Å²) in [7, 11) is 0. The van der Waals surface area contributed by atoms with Crippen LogP contribution in [0.5, 0.6) is 0 Å². The maximum Gasteiger partial charge on any atom is 0.306 e. The Hall–Kier alpha value is -4.19. The lowest BCUT2D eigenvalue weighted by atomic mass is 10.0. The number of allylic oxidation sites excluding steroid dienone is 20. The quantitative estimate of drug-likeness (QED) is 0.0261. The van der Waals surface area contributed by atoms with Crippen LogP contribution < -0.4 is 0 Å². The van der Waals surface area contributed by atoms with Crippen molar-refractivity contribution in [3.63, 3.8) is 0 Å². The van der Waals surface area contributed by atoms with E-state index in [1.807, 2.05) is 0 Å². The highest BCUT2D eigenvalue weighted by Crippen LogP contribution is 2.16. The number of carbonyl (C=O) groups excluding carboxylic acids is 3. The fourth-order valence-electron chi connectivity index (χ4n) is 8.70. The second-order valence-corrected chi connectivity index (χ2v) is 20.9. The first kappa shape index (κ1) is 72.8. The molecular weight excluding hydrogens is 949 g/mol. The van der Waals surface area contributed by atoms with Crippen molar-refractivity contribution >= 4 is 17.9 Å². The van der Waals surface area contributed by atoms with Gasteiger partial charge in [-0.15, -0.1) is 0 Å². The summed E-state index contributed by atoms with van der Waals surface area (Å²) in [6, 6.07) is 0. The van der Waals surface area contributed by atoms with Gasteiger partial charge in [0.25, 0.3) is 0 Å². The van der Waals surface area contributed by atoms with Crippen molar-refractivity contribution in [2.24, 2.45) is 0 Å². The molecule has 77 heavy (non-hydrogen) atoms. The Morgan fingerprint density at radius 1 is 0.273 bits per heavy atom. The molecule has 0 aliphatic rings. The first-order chi connectivity index (χ1) is 38.0. The van der Waals surface area contributed by atoms with Gasteiger partial charge < -0.3 is 14.2 Å². The molecule has 1 atom stereocenters. The molecule has 0 radical (unpaired) electrons. The highest BCUT2D eigenvalue weighted by molar-refractivity contribution is 5.71. The van der Waals surface area contributed by atoms with E-state index in [-0.39, 0.29) is 31.1 Å². The summed E-state index contributed by atoms with van der Waals surface area (Å²) in [6.07, 6.45) is 89.2. The third kappa shape index (κ3) is 62.5. The number of hydrogen-bond acceptors (Lipinski definition) is 6. The van der Waals surface area contributed by atoms with Crippen LogP contribution in [-0.4, -0.2) is 37.2 Å². The minimum absolute atomic E-state index is 0.0884. The van der Waals surface area contributed by atoms with Gasteiger partial charge >= 0.3 is 17.9 Å². The highest BCUT2D eigenvalue weighted by atomic mass is 16.6. The second kappa shape index (κ2) is 64.3. The molecule has 6 heteroatoms. The fraction of sp³-hybridized carbons (Fsp3) is 0.676. The van der Waals surface area contributed by atoms with Crippen molar-refractivity contribution in [2.45, 2.75) is 297 Å². The summed E-state index contributed by atoms with van der Waals surface area (Å²) in [5.41, 5.74) is 0. The zero-order valence-electron chi connectivity index (χ0n) is 50.2. The van der Waals surface area contributed by atoms with Crippen LogP contribution in [0.25, 0.3) is 0 Å². The topological polar surface area (TPSA) is 78.9 Å². The van der Waals surface area contributed by atoms with Gasteiger partial charge in [0.2, 0.25) is 0 Å². The average Bonchev–Trinajstić information content (AvgIpc) is 3.43. The summed E-state index contributed by atoms with van der Waals surface area (Å²) in [6.45, 7) is 6.35. The van der Waals surface area contributed by atoms with Crippen LogP contribution in [0, 0.1) is 0 Å². The summed E-state index contributed by atoms with van der Waals surface area (Å²) in [5, 5.41) is 0. The third-order valence-corrected chi connectivity index (χ3v) is 13.4. The van der Waals surface area contributed by atoms with E-state index >= 15 is 0 Å². The van der Waals surface area contributed by atoms with E-state index in [4.69, 9.17) is 14.2 Å². The Morgan fingerprint density at radius 2 is 0.506 bits per heavy atom. The molecule has 0 rings (SSSR count). The largest absolute Gasteiger partial charge is 0.462 e. The van der Waals surface area contributed by atoms with Gasteiger partial charge in [-0.1, -0.05) is 271 Å². The first-order valence-electron chi connectivity index (χ1n) is 32.0. The van der Waals surface area contributed by atoms with Gasteiger partial charge in [0.05, 0.1) is 0 Å². The van der Waals surface area contributed by atoms with Gasteiger partial charge in [-0.3, -0.25) is 14.4 Å². The predicted molar refractivity (Wildman–Crippen MR) is 334 cm³/mol. The summed E-state index contributed by atoms with van der Waals surface area (Å²) < 4.78 is 16.9. The average molecular weight is 1070 g/mol. The Kier molecular flexibility index (Phi) is 60.8. The molecule has 0 amide bonds. The first-order valence-corrected chi connectivity index (χ1v) is 32.0. The van der Waals surface area contributed by atoms with Crippen molar-refractivity contribution < 1.29 is 28.6 Å². The number of hydrogen-bond donors (Lipinski definition) is 0. The molecule has 0 aromatic carbocycles. The maximum absolute atomic E-state index is 12.9. The predicted octanol–water partition coefficient (Wildman–Crippen LogP) is 22.0. The van der Waals surface area contributed by atoms with E-state index in [2.05, 4.69) is 142 Å². The van der Waals surface area contributed by atoms with Crippen molar-refractivity contribution in [2.75, 3.05) is 13.2 Å². The van der Waals surface area contributed by atoms with Gasteiger partial charge in [0.1, 0.15) is 13.2 Å². The monoisotopic (exact) mass is 1070 g/mol. The number of ether oxygens (including phenoxy) is 3. The fourth-order valence-corrected chi connectivity index (χ4v) is 8.70. The Labute approximate surface area is 475 Å². The maximum atomic E-state index is 12.9. The van der Waals surface area contributed by atoms with E-state index in [1.165, 1.54) is 103 Å². The Bertz CT molecular complexity index is 1600. The van der Waals surface area contributed by atoms with E-state index in [9.17, 15) is 14.4 Å². The van der Waals surface area contributed by atoms with Crippen molar-refractivity contribution in [3.8, 4) is 0 Å². The molecule has 1 unspecified atom stereocenters. The zero-order chi connectivity index (χ0) is 55.7. The van der Waals surface area contributed by atoms with E-state index in [1.54, 1.807) is 0 Å². The van der Waals surface area contributed by atoms with Crippen LogP contribution in [0.15, 0.2) is 122 Å². The van der Waals surface area contributed by atoms with Crippen LogP contribution in [0.2, 0.25) is 0 Å². The van der Waals surface area contributed by atoms with Gasteiger partial charge in [-0.2, -0.15) is 0 Å². The van der Waals surface area contributed by atoms with Gasteiger partial charge in [-0.25, -0.2) is 0 Å². The lowest BCUT2D eigenvalue weighted by molar-refractivity contribution is -0.167. The number of carbonyl (C=O) groups is 3. The highest BCUT2D eigenvalue weighted by Gasteiger charge is 2.19. The SMILES string of the molecule is CC/C=C\C/C=C\C/C=C\C/C=C\CCCCCCCCCCCCCCC(=O)OCC(COC(=O)CCCCCCC/C=C\C/C=C\CCC)OC(=O)CCCCCCCCCC/C=C\C/C=C\C/C=C\C/C=C\CC. The molecule has 0 N–H and O–H groups in total. The summed E-state index contributed by atoms with van der Waals surface area (Å²) >= 11 is 0. The lowest BCUT2D eigenvalue weighted by Crippen LogP contribution is -2.30. The molecule has 0 saturated heterocycles. The molecular formula is C71H118O6. The van der Waals surface area contributed by atoms with E-state index in [0.717, 1.165) is 148 Å². The minimum atomic E-state index is -0.793. The number of esters is 3. The number of rotatable bonds is 57. The lowest BCUT2D eigenvalue weighted by Gasteiger charge is -2.18. The minimum Gasteiger partial charge on any atom is -0.462 e. The number of unbranched alkanes of at least 4 members (excludes halogenated alkanes) is 26. The standard InChI is InChI=1S/C71H118O6/c1-4-7-10-13-16-19-22-25-27-29-31-33-34-35-36-38-39-41-43-46-49-52-55-58-61-64-70(73)76-67-68(66-75-69(72)63-60-57-54-51-48-45-24-21-18-15-12-9-6-3)77-71(74)65-62-59-56-53-50-47-44-42-40-37-32-30-28-26-23-20-17-14-11-8-5-2/h7-8,10-12,15-17,19-21,24-28,31-33,37,68H,4-6,9,13-14,18,22-23,29-30,34-36,38-67H2,1-3H3/b10-7-,11-8-,15-12-,19-16-,20-17-,24-21-,27-25-,28-26-,33-31-,37-32-. The molecule has 6 nitrogen and oxygen atoms in total. The van der Waals surface area contributed by atoms with Gasteiger partial charge in [0.15, 0.2) is 6.10 Å². The molecule has 0 saturated carbocycles. The van der Waals surface area contributed by atoms with Gasteiger partial charge in [0, 0.05) is 19.3 Å². The van der Waals surface area contributed by atoms with Crippen LogP contribution in [-0.2, 0) is 28.6 Å². The van der Waals surface area contributed by atoms with Crippen LogP contribution in [0.3, 0.4) is 0 Å². The molecule has 0 aliphatic heterocycles. The van der Waals surface area contributed by atoms with E-state index < -0.39 is 6.10 Å². The Balaban J connectivity index is 4.34. The molecule has 0 aromatic heterocycles. The van der Waals surface area contributed by atoms with E-state index in [0.29, 0.717) is 19.3 Å². The normalized spacial score (nSPS) is 12.9. The van der Waals surface area contributed by atoms with Crippen LogP contribution in [0.4, 0.5) is 0 Å². The molecule has 0 heterocycles. The van der Waals surface area contributed by atoms with Crippen LogP contribution in [0.1, 0.15) is 290 Å².